The maximum absolute atomic E-state index is 12.8. The van der Waals surface area contributed by atoms with E-state index in [1.165, 1.54) is 33.3 Å². The van der Waals surface area contributed by atoms with Crippen LogP contribution >= 0.6 is 11.6 Å². The number of aromatic nitrogens is 1. The number of hydrogen-bond acceptors (Lipinski definition) is 5. The molecule has 0 radical (unpaired) electrons. The monoisotopic (exact) mass is 400 g/mol. The molecule has 0 fully saturated rings. The van der Waals surface area contributed by atoms with Crippen molar-refractivity contribution in [3.8, 4) is 17.4 Å². The van der Waals surface area contributed by atoms with E-state index in [0.717, 1.165) is 0 Å². The molecule has 1 N–H and O–H groups in total. The van der Waals surface area contributed by atoms with E-state index in [9.17, 15) is 13.6 Å². The summed E-state index contributed by atoms with van der Waals surface area (Å²) in [7, 11) is 3.03. The van der Waals surface area contributed by atoms with E-state index >= 15 is 0 Å². The standard InChI is InChI=1S/C18H19ClF2N2O4/c1-10(16(20)21)27-18-13(6-7-15(19)23-18)17(24)22-9-11-4-5-12(25-2)8-14(11)26-3/h4-8,10,16H,9H2,1-3H3,(H,22,24). The summed E-state index contributed by atoms with van der Waals surface area (Å²) in [5.74, 6) is 0.343. The van der Waals surface area contributed by atoms with Crippen LogP contribution in [-0.2, 0) is 6.54 Å². The Balaban J connectivity index is 2.16. The zero-order chi connectivity index (χ0) is 20.0. The number of benzene rings is 1. The number of rotatable bonds is 8. The summed E-state index contributed by atoms with van der Waals surface area (Å²) in [5, 5.41) is 2.71. The lowest BCUT2D eigenvalue weighted by atomic mass is 10.1. The number of alkyl halides is 2. The number of halogens is 3. The Morgan fingerprint density at radius 1 is 1.22 bits per heavy atom. The van der Waals surface area contributed by atoms with Gasteiger partial charge in [-0.3, -0.25) is 4.79 Å². The van der Waals surface area contributed by atoms with Crippen molar-refractivity contribution in [2.45, 2.75) is 26.0 Å². The lowest BCUT2D eigenvalue weighted by molar-refractivity contribution is 0.0195. The van der Waals surface area contributed by atoms with E-state index in [4.69, 9.17) is 25.8 Å². The fourth-order valence-corrected chi connectivity index (χ4v) is 2.32. The lowest BCUT2D eigenvalue weighted by Crippen LogP contribution is -2.27. The Bertz CT molecular complexity index is 805. The third kappa shape index (κ3) is 5.43. The van der Waals surface area contributed by atoms with Crippen molar-refractivity contribution in [1.29, 1.82) is 0 Å². The van der Waals surface area contributed by atoms with Gasteiger partial charge in [0.25, 0.3) is 12.3 Å². The van der Waals surface area contributed by atoms with E-state index in [0.29, 0.717) is 17.1 Å². The van der Waals surface area contributed by atoms with Crippen molar-refractivity contribution >= 4 is 17.5 Å². The van der Waals surface area contributed by atoms with Gasteiger partial charge in [-0.05, 0) is 31.2 Å². The number of amides is 1. The van der Waals surface area contributed by atoms with Gasteiger partial charge in [0.15, 0.2) is 6.10 Å². The Hall–Kier alpha value is -2.61. The fraction of sp³-hybridized carbons (Fsp3) is 0.333. The first-order chi connectivity index (χ1) is 12.8. The molecule has 0 saturated heterocycles. The molecule has 0 aliphatic carbocycles. The van der Waals surface area contributed by atoms with Crippen molar-refractivity contribution in [2.75, 3.05) is 14.2 Å². The summed E-state index contributed by atoms with van der Waals surface area (Å²) in [6.07, 6.45) is -4.17. The molecule has 27 heavy (non-hydrogen) atoms. The second-order valence-electron chi connectivity index (χ2n) is 5.50. The van der Waals surface area contributed by atoms with Gasteiger partial charge in [-0.15, -0.1) is 0 Å². The van der Waals surface area contributed by atoms with Gasteiger partial charge in [0, 0.05) is 18.2 Å². The van der Waals surface area contributed by atoms with E-state index in [2.05, 4.69) is 10.3 Å². The molecule has 9 heteroatoms. The summed E-state index contributed by atoms with van der Waals surface area (Å²) >= 11 is 5.79. The summed E-state index contributed by atoms with van der Waals surface area (Å²) in [6, 6.07) is 7.90. The first kappa shape index (κ1) is 20.7. The smallest absolute Gasteiger partial charge is 0.274 e. The predicted octanol–water partition coefficient (Wildman–Crippen LogP) is 3.71. The minimum atomic E-state index is -2.73. The number of carbonyl (C=O) groups is 1. The average molecular weight is 401 g/mol. The molecule has 0 aliphatic heterocycles. The van der Waals surface area contributed by atoms with Crippen LogP contribution in [0.25, 0.3) is 0 Å². The minimum absolute atomic E-state index is 0.000575. The number of hydrogen-bond donors (Lipinski definition) is 1. The SMILES string of the molecule is COc1ccc(CNC(=O)c2ccc(Cl)nc2OC(C)C(F)F)c(OC)c1. The second kappa shape index (κ2) is 9.36. The molecule has 0 aliphatic rings. The van der Waals surface area contributed by atoms with Gasteiger partial charge in [-0.25, -0.2) is 13.8 Å². The predicted molar refractivity (Wildman–Crippen MR) is 96.1 cm³/mol. The molecule has 1 aromatic heterocycles. The fourth-order valence-electron chi connectivity index (χ4n) is 2.18. The summed E-state index contributed by atoms with van der Waals surface area (Å²) in [5.41, 5.74) is 0.705. The third-order valence-corrected chi connectivity index (χ3v) is 3.87. The first-order valence-electron chi connectivity index (χ1n) is 7.96. The second-order valence-corrected chi connectivity index (χ2v) is 5.89. The third-order valence-electron chi connectivity index (χ3n) is 3.66. The quantitative estimate of drug-likeness (QED) is 0.684. The van der Waals surface area contributed by atoms with E-state index in [-0.39, 0.29) is 23.1 Å². The van der Waals surface area contributed by atoms with Crippen molar-refractivity contribution in [3.05, 3.63) is 46.6 Å². The van der Waals surface area contributed by atoms with Crippen molar-refractivity contribution in [2.24, 2.45) is 0 Å². The minimum Gasteiger partial charge on any atom is -0.497 e. The number of carbonyl (C=O) groups excluding carboxylic acids is 1. The summed E-state index contributed by atoms with van der Waals surface area (Å²) < 4.78 is 41.0. The highest BCUT2D eigenvalue weighted by molar-refractivity contribution is 6.29. The molecule has 1 unspecified atom stereocenters. The van der Waals surface area contributed by atoms with Gasteiger partial charge in [0.1, 0.15) is 22.2 Å². The molecule has 1 atom stereocenters. The molecule has 1 heterocycles. The van der Waals surface area contributed by atoms with E-state index < -0.39 is 18.4 Å². The molecule has 2 aromatic rings. The Labute approximate surface area is 160 Å². The molecule has 0 spiro atoms. The van der Waals surface area contributed by atoms with Gasteiger partial charge < -0.3 is 19.5 Å². The van der Waals surface area contributed by atoms with Gasteiger partial charge in [0.2, 0.25) is 5.88 Å². The van der Waals surface area contributed by atoms with Crippen LogP contribution in [0.5, 0.6) is 17.4 Å². The van der Waals surface area contributed by atoms with Crippen molar-refractivity contribution in [3.63, 3.8) is 0 Å². The van der Waals surface area contributed by atoms with Gasteiger partial charge >= 0.3 is 0 Å². The molecular weight excluding hydrogens is 382 g/mol. The van der Waals surface area contributed by atoms with Crippen LogP contribution in [0.2, 0.25) is 5.15 Å². The number of pyridine rings is 1. The molecule has 0 saturated carbocycles. The number of methoxy groups -OCH3 is 2. The summed E-state index contributed by atoms with van der Waals surface area (Å²) in [4.78, 5) is 16.3. The molecule has 2 rings (SSSR count). The maximum atomic E-state index is 12.8. The number of nitrogens with zero attached hydrogens (tertiary/aromatic N) is 1. The first-order valence-corrected chi connectivity index (χ1v) is 8.34. The highest BCUT2D eigenvalue weighted by Crippen LogP contribution is 2.25. The Kier molecular flexibility index (Phi) is 7.18. The maximum Gasteiger partial charge on any atom is 0.274 e. The van der Waals surface area contributed by atoms with Gasteiger partial charge in [0.05, 0.1) is 14.2 Å². The number of nitrogens with one attached hydrogen (secondary N) is 1. The summed E-state index contributed by atoms with van der Waals surface area (Å²) in [6.45, 7) is 1.32. The van der Waals surface area contributed by atoms with Crippen LogP contribution in [0.3, 0.4) is 0 Å². The van der Waals surface area contributed by atoms with Crippen molar-refractivity contribution < 1.29 is 27.8 Å². The zero-order valence-corrected chi connectivity index (χ0v) is 15.7. The van der Waals surface area contributed by atoms with Crippen LogP contribution < -0.4 is 19.5 Å². The molecule has 1 aromatic carbocycles. The largest absolute Gasteiger partial charge is 0.497 e. The van der Waals surface area contributed by atoms with Gasteiger partial charge in [-0.1, -0.05) is 11.6 Å². The van der Waals surface area contributed by atoms with Crippen LogP contribution in [0.15, 0.2) is 30.3 Å². The molecule has 0 bridgehead atoms. The normalized spacial score (nSPS) is 11.8. The molecule has 6 nitrogen and oxygen atoms in total. The average Bonchev–Trinajstić information content (AvgIpc) is 2.65. The molecular formula is C18H19ClF2N2O4. The van der Waals surface area contributed by atoms with Crippen LogP contribution in [0.1, 0.15) is 22.8 Å². The molecule has 146 valence electrons. The van der Waals surface area contributed by atoms with E-state index in [1.54, 1.807) is 18.2 Å². The number of ether oxygens (including phenoxy) is 3. The van der Waals surface area contributed by atoms with E-state index in [1.807, 2.05) is 0 Å². The Morgan fingerprint density at radius 2 is 1.96 bits per heavy atom. The van der Waals surface area contributed by atoms with Crippen LogP contribution in [0.4, 0.5) is 8.78 Å². The topological polar surface area (TPSA) is 69.7 Å². The van der Waals surface area contributed by atoms with Crippen molar-refractivity contribution in [1.82, 2.24) is 10.3 Å². The highest BCUT2D eigenvalue weighted by Gasteiger charge is 2.22. The van der Waals surface area contributed by atoms with Crippen LogP contribution in [0, 0.1) is 0 Å². The highest BCUT2D eigenvalue weighted by atomic mass is 35.5. The Morgan fingerprint density at radius 3 is 2.59 bits per heavy atom. The zero-order valence-electron chi connectivity index (χ0n) is 15.0. The van der Waals surface area contributed by atoms with Crippen LogP contribution in [-0.4, -0.2) is 37.6 Å². The van der Waals surface area contributed by atoms with Gasteiger partial charge in [-0.2, -0.15) is 0 Å². The molecule has 1 amide bonds. The lowest BCUT2D eigenvalue weighted by Gasteiger charge is -2.16.